The van der Waals surface area contributed by atoms with Crippen LogP contribution in [0.3, 0.4) is 0 Å². The molecule has 108 valence electrons. The molecule has 3 N–H and O–H groups in total. The van der Waals surface area contributed by atoms with E-state index in [2.05, 4.69) is 20.1 Å². The van der Waals surface area contributed by atoms with Crippen LogP contribution >= 0.6 is 0 Å². The number of rotatable bonds is 4. The van der Waals surface area contributed by atoms with Gasteiger partial charge in [-0.2, -0.15) is 5.10 Å². The van der Waals surface area contributed by atoms with Gasteiger partial charge in [0.05, 0.1) is 30.0 Å². The fourth-order valence-corrected chi connectivity index (χ4v) is 1.90. The number of nitrogen functional groups attached to an aromatic ring is 1. The minimum atomic E-state index is -3.43. The zero-order chi connectivity index (χ0) is 14.9. The Bertz CT molecular complexity index is 726. The quantitative estimate of drug-likeness (QED) is 0.744. The van der Waals surface area contributed by atoms with Crippen molar-refractivity contribution < 1.29 is 13.2 Å². The molecule has 2 heterocycles. The molecule has 20 heavy (non-hydrogen) atoms. The van der Waals surface area contributed by atoms with Gasteiger partial charge < -0.3 is 5.73 Å². The number of nitrogens with two attached hydrogens (primary N) is 1. The Morgan fingerprint density at radius 3 is 2.70 bits per heavy atom. The number of sulfonamides is 1. The molecule has 2 aromatic heterocycles. The third-order valence-corrected chi connectivity index (χ3v) is 2.90. The molecule has 0 spiro atoms. The second kappa shape index (κ2) is 4.92. The molecule has 0 aromatic carbocycles. The van der Waals surface area contributed by atoms with Crippen LogP contribution in [0, 0.1) is 6.92 Å². The van der Waals surface area contributed by atoms with E-state index in [4.69, 9.17) is 5.73 Å². The van der Waals surface area contributed by atoms with Crippen molar-refractivity contribution in [3.05, 3.63) is 18.1 Å². The Kier molecular flexibility index (Phi) is 3.44. The van der Waals surface area contributed by atoms with Crippen LogP contribution < -0.4 is 10.5 Å². The number of aryl methyl sites for hydroxylation is 1. The molecule has 2 aromatic rings. The predicted molar refractivity (Wildman–Crippen MR) is 70.5 cm³/mol. The number of nitrogens with one attached hydrogen (secondary N) is 1. The van der Waals surface area contributed by atoms with Crippen molar-refractivity contribution >= 4 is 27.4 Å². The lowest BCUT2D eigenvalue weighted by Crippen LogP contribution is -2.19. The van der Waals surface area contributed by atoms with E-state index < -0.39 is 10.0 Å². The first-order valence-electron chi connectivity index (χ1n) is 5.47. The average Bonchev–Trinajstić information content (AvgIpc) is 2.85. The lowest BCUT2D eigenvalue weighted by molar-refractivity contribution is 0.0869. The summed E-state index contributed by atoms with van der Waals surface area (Å²) in [5.74, 6) is -0.336. The SMILES string of the molecule is Cc1nn(C(=O)Cn2cc(NS(C)(=O)=O)nn2)cc1N. The van der Waals surface area contributed by atoms with Crippen LogP contribution in [0.1, 0.15) is 10.5 Å². The van der Waals surface area contributed by atoms with Gasteiger partial charge in [0, 0.05) is 0 Å². The third kappa shape index (κ3) is 3.32. The molecule has 2 rings (SSSR count). The molecule has 0 saturated heterocycles. The molecule has 0 amide bonds. The van der Waals surface area contributed by atoms with Crippen LogP contribution in [0.25, 0.3) is 0 Å². The van der Waals surface area contributed by atoms with Gasteiger partial charge in [0.25, 0.3) is 5.91 Å². The first-order chi connectivity index (χ1) is 9.24. The van der Waals surface area contributed by atoms with E-state index in [9.17, 15) is 13.2 Å². The maximum Gasteiger partial charge on any atom is 0.268 e. The van der Waals surface area contributed by atoms with E-state index in [1.54, 1.807) is 6.92 Å². The van der Waals surface area contributed by atoms with E-state index in [1.165, 1.54) is 17.1 Å². The number of hydrogen-bond donors (Lipinski definition) is 2. The number of carbonyl (C=O) groups is 1. The van der Waals surface area contributed by atoms with E-state index in [-0.39, 0.29) is 18.3 Å². The summed E-state index contributed by atoms with van der Waals surface area (Å²) in [5.41, 5.74) is 6.56. The Morgan fingerprint density at radius 1 is 1.45 bits per heavy atom. The van der Waals surface area contributed by atoms with Crippen molar-refractivity contribution in [2.75, 3.05) is 16.7 Å². The number of carbonyl (C=O) groups excluding carboxylic acids is 1. The second-order valence-corrected chi connectivity index (χ2v) is 5.93. The number of aromatic nitrogens is 5. The smallest absolute Gasteiger partial charge is 0.268 e. The maximum absolute atomic E-state index is 11.9. The third-order valence-electron chi connectivity index (χ3n) is 2.32. The maximum atomic E-state index is 11.9. The first kappa shape index (κ1) is 14.0. The zero-order valence-corrected chi connectivity index (χ0v) is 11.6. The van der Waals surface area contributed by atoms with Gasteiger partial charge in [-0.25, -0.2) is 17.8 Å². The van der Waals surface area contributed by atoms with Gasteiger partial charge in [0.1, 0.15) is 6.54 Å². The monoisotopic (exact) mass is 299 g/mol. The molecule has 0 unspecified atom stereocenters. The molecule has 0 saturated carbocycles. The number of hydrogen-bond acceptors (Lipinski definition) is 7. The summed E-state index contributed by atoms with van der Waals surface area (Å²) in [6.45, 7) is 1.54. The molecular formula is C9H13N7O3S. The Morgan fingerprint density at radius 2 is 2.15 bits per heavy atom. The zero-order valence-electron chi connectivity index (χ0n) is 10.8. The van der Waals surface area contributed by atoms with Crippen LogP contribution in [0.4, 0.5) is 11.5 Å². The molecule has 0 radical (unpaired) electrons. The predicted octanol–water partition coefficient (Wildman–Crippen LogP) is -0.923. The molecule has 10 nitrogen and oxygen atoms in total. The second-order valence-electron chi connectivity index (χ2n) is 4.18. The van der Waals surface area contributed by atoms with Gasteiger partial charge in [0.2, 0.25) is 10.0 Å². The fourth-order valence-electron chi connectivity index (χ4n) is 1.42. The molecule has 0 atom stereocenters. The molecule has 0 bridgehead atoms. The van der Waals surface area contributed by atoms with E-state index in [1.807, 2.05) is 0 Å². The Balaban J connectivity index is 2.09. The minimum absolute atomic E-state index is 0.0384. The molecule has 11 heteroatoms. The lowest BCUT2D eigenvalue weighted by atomic mass is 10.4. The molecule has 0 aliphatic rings. The molecule has 0 aliphatic heterocycles. The van der Waals surface area contributed by atoms with E-state index in [0.717, 1.165) is 10.9 Å². The first-order valence-corrected chi connectivity index (χ1v) is 7.36. The van der Waals surface area contributed by atoms with E-state index >= 15 is 0 Å². The van der Waals surface area contributed by atoms with E-state index in [0.29, 0.717) is 11.4 Å². The van der Waals surface area contributed by atoms with Crippen LogP contribution in [0.2, 0.25) is 0 Å². The highest BCUT2D eigenvalue weighted by atomic mass is 32.2. The summed E-state index contributed by atoms with van der Waals surface area (Å²) in [6.07, 6.45) is 3.70. The Hall–Kier alpha value is -2.43. The summed E-state index contributed by atoms with van der Waals surface area (Å²) in [4.78, 5) is 11.9. The van der Waals surface area contributed by atoms with Gasteiger partial charge in [-0.3, -0.25) is 9.52 Å². The Labute approximate surface area is 114 Å². The van der Waals surface area contributed by atoms with Crippen LogP contribution in [0.5, 0.6) is 0 Å². The van der Waals surface area contributed by atoms with Crippen molar-refractivity contribution in [1.29, 1.82) is 0 Å². The normalized spacial score (nSPS) is 11.5. The molecule has 0 fully saturated rings. The van der Waals surface area contributed by atoms with Crippen molar-refractivity contribution in [2.24, 2.45) is 0 Å². The number of anilines is 2. The minimum Gasteiger partial charge on any atom is -0.396 e. The summed E-state index contributed by atoms with van der Waals surface area (Å²) in [6, 6.07) is 0. The van der Waals surface area contributed by atoms with Crippen molar-refractivity contribution in [2.45, 2.75) is 13.5 Å². The summed E-state index contributed by atoms with van der Waals surface area (Å²) in [5, 5.41) is 11.2. The van der Waals surface area contributed by atoms with Crippen molar-refractivity contribution in [1.82, 2.24) is 24.8 Å². The molecule has 0 aliphatic carbocycles. The van der Waals surface area contributed by atoms with Crippen molar-refractivity contribution in [3.63, 3.8) is 0 Å². The highest BCUT2D eigenvalue weighted by Gasteiger charge is 2.12. The van der Waals surface area contributed by atoms with Gasteiger partial charge in [0.15, 0.2) is 5.82 Å². The highest BCUT2D eigenvalue weighted by Crippen LogP contribution is 2.07. The largest absolute Gasteiger partial charge is 0.396 e. The van der Waals surface area contributed by atoms with Gasteiger partial charge in [-0.05, 0) is 6.92 Å². The van der Waals surface area contributed by atoms with Crippen LogP contribution in [-0.4, -0.2) is 45.4 Å². The van der Waals surface area contributed by atoms with Gasteiger partial charge in [-0.15, -0.1) is 5.10 Å². The highest BCUT2D eigenvalue weighted by molar-refractivity contribution is 7.92. The summed E-state index contributed by atoms with van der Waals surface area (Å²) in [7, 11) is -3.43. The average molecular weight is 299 g/mol. The fraction of sp³-hybridized carbons (Fsp3) is 0.333. The standard InChI is InChI=1S/C9H13N7O3S/c1-6-7(10)3-16(12-6)9(17)5-15-4-8(11-14-15)13-20(2,18)19/h3-4,13H,5,10H2,1-2H3. The molecular weight excluding hydrogens is 286 g/mol. The number of nitrogens with zero attached hydrogens (tertiary/aromatic N) is 5. The van der Waals surface area contributed by atoms with Crippen molar-refractivity contribution in [3.8, 4) is 0 Å². The lowest BCUT2D eigenvalue weighted by Gasteiger charge is -1.99. The van der Waals surface area contributed by atoms with Crippen LogP contribution in [-0.2, 0) is 16.6 Å². The topological polar surface area (TPSA) is 138 Å². The summed E-state index contributed by atoms with van der Waals surface area (Å²) < 4.78 is 26.5. The van der Waals surface area contributed by atoms with Gasteiger partial charge in [-0.1, -0.05) is 5.21 Å². The van der Waals surface area contributed by atoms with Crippen LogP contribution in [0.15, 0.2) is 12.4 Å². The summed E-state index contributed by atoms with van der Waals surface area (Å²) >= 11 is 0. The van der Waals surface area contributed by atoms with Gasteiger partial charge >= 0.3 is 0 Å².